The van der Waals surface area contributed by atoms with Crippen molar-refractivity contribution in [1.82, 2.24) is 4.57 Å². The molecule has 9 nitrogen and oxygen atoms in total. The SMILES string of the molecule is COc1ccc([C@H]2c3sc(=O)n(CC(=O)Nc4ccc(Cl)cc4)c3SC3C(=O)N(c4ccc(F)cc4)C(=O)C32)cc1OC. The molecule has 2 unspecified atom stereocenters. The lowest BCUT2D eigenvalue weighted by Crippen LogP contribution is -2.33. The summed E-state index contributed by atoms with van der Waals surface area (Å²) in [5.41, 5.74) is 1.39. The number of hydrogen-bond donors (Lipinski definition) is 1. The molecule has 0 saturated carbocycles. The van der Waals surface area contributed by atoms with Gasteiger partial charge in [0.2, 0.25) is 17.7 Å². The highest BCUT2D eigenvalue weighted by atomic mass is 35.5. The van der Waals surface area contributed by atoms with Crippen molar-refractivity contribution in [2.45, 2.75) is 22.7 Å². The molecule has 6 rings (SSSR count). The molecular weight excluding hydrogens is 617 g/mol. The van der Waals surface area contributed by atoms with Gasteiger partial charge in [0, 0.05) is 21.5 Å². The van der Waals surface area contributed by atoms with E-state index in [2.05, 4.69) is 5.32 Å². The van der Waals surface area contributed by atoms with E-state index < -0.39 is 45.5 Å². The molecular formula is C30H23ClFN3O6S2. The number of nitrogens with zero attached hydrogens (tertiary/aromatic N) is 2. The Morgan fingerprint density at radius 1 is 0.953 bits per heavy atom. The highest BCUT2D eigenvalue weighted by molar-refractivity contribution is 8.00. The minimum atomic E-state index is -0.900. The molecule has 2 aliphatic rings. The second kappa shape index (κ2) is 11.5. The Balaban J connectivity index is 1.43. The number of thioether (sulfide) groups is 1. The van der Waals surface area contributed by atoms with Crippen molar-refractivity contribution in [1.29, 1.82) is 0 Å². The Morgan fingerprint density at radius 2 is 1.65 bits per heavy atom. The molecule has 4 aromatic rings. The summed E-state index contributed by atoms with van der Waals surface area (Å²) in [5, 5.41) is 2.80. The number of hydrogen-bond acceptors (Lipinski definition) is 8. The van der Waals surface area contributed by atoms with Crippen LogP contribution >= 0.6 is 34.7 Å². The number of anilines is 2. The third-order valence-electron chi connectivity index (χ3n) is 7.33. The minimum Gasteiger partial charge on any atom is -0.493 e. The second-order valence-corrected chi connectivity index (χ2v) is 12.4. The zero-order valence-electron chi connectivity index (χ0n) is 22.7. The van der Waals surface area contributed by atoms with Crippen molar-refractivity contribution in [3.8, 4) is 11.5 Å². The van der Waals surface area contributed by atoms with E-state index in [4.69, 9.17) is 21.1 Å². The average molecular weight is 640 g/mol. The summed E-state index contributed by atoms with van der Waals surface area (Å²) in [6.07, 6.45) is 0. The first-order valence-corrected chi connectivity index (χ1v) is 15.1. The van der Waals surface area contributed by atoms with Crippen molar-refractivity contribution in [3.05, 3.63) is 97.7 Å². The third kappa shape index (κ3) is 5.19. The van der Waals surface area contributed by atoms with Gasteiger partial charge in [-0.05, 0) is 66.2 Å². The molecule has 3 aromatic carbocycles. The summed E-state index contributed by atoms with van der Waals surface area (Å²) in [4.78, 5) is 55.4. The first kappa shape index (κ1) is 29.0. The number of nitrogens with one attached hydrogen (secondary N) is 1. The number of amides is 3. The van der Waals surface area contributed by atoms with Gasteiger partial charge < -0.3 is 14.8 Å². The van der Waals surface area contributed by atoms with Gasteiger partial charge in [-0.15, -0.1) is 0 Å². The van der Waals surface area contributed by atoms with Crippen LogP contribution in [0.5, 0.6) is 11.5 Å². The highest BCUT2D eigenvalue weighted by Crippen LogP contribution is 2.54. The van der Waals surface area contributed by atoms with E-state index in [9.17, 15) is 23.6 Å². The molecule has 13 heteroatoms. The zero-order chi connectivity index (χ0) is 30.4. The largest absolute Gasteiger partial charge is 0.493 e. The number of imide groups is 1. The number of benzene rings is 3. The molecule has 0 spiro atoms. The Bertz CT molecular complexity index is 1810. The van der Waals surface area contributed by atoms with Crippen LogP contribution in [0, 0.1) is 11.7 Å². The second-order valence-electron chi connectivity index (χ2n) is 9.82. The third-order valence-corrected chi connectivity index (χ3v) is 10.2. The van der Waals surface area contributed by atoms with Crippen molar-refractivity contribution in [3.63, 3.8) is 0 Å². The van der Waals surface area contributed by atoms with E-state index in [1.165, 1.54) is 43.1 Å². The number of aromatic nitrogens is 1. The fraction of sp³-hybridized carbons (Fsp3) is 0.200. The van der Waals surface area contributed by atoms with Gasteiger partial charge in [0.1, 0.15) is 17.6 Å². The first-order valence-electron chi connectivity index (χ1n) is 13.0. The van der Waals surface area contributed by atoms with Crippen LogP contribution in [0.4, 0.5) is 15.8 Å². The van der Waals surface area contributed by atoms with Gasteiger partial charge in [0.15, 0.2) is 11.5 Å². The van der Waals surface area contributed by atoms with Crippen molar-refractivity contribution >= 4 is 63.8 Å². The highest BCUT2D eigenvalue weighted by Gasteiger charge is 2.57. The van der Waals surface area contributed by atoms with Gasteiger partial charge in [0.05, 0.1) is 30.9 Å². The molecule has 3 atom stereocenters. The molecule has 2 aliphatic heterocycles. The molecule has 1 N–H and O–H groups in total. The Hall–Kier alpha value is -4.13. The van der Waals surface area contributed by atoms with Gasteiger partial charge in [-0.3, -0.25) is 23.7 Å². The van der Waals surface area contributed by atoms with E-state index in [1.807, 2.05) is 0 Å². The lowest BCUT2D eigenvalue weighted by atomic mass is 9.83. The molecule has 3 heterocycles. The number of ether oxygens (including phenoxy) is 2. The Morgan fingerprint density at radius 3 is 2.33 bits per heavy atom. The van der Waals surface area contributed by atoms with Crippen molar-refractivity contribution < 1.29 is 28.2 Å². The van der Waals surface area contributed by atoms with Crippen LogP contribution in [0.2, 0.25) is 5.02 Å². The normalized spacial score (nSPS) is 19.2. The number of carbonyl (C=O) groups excluding carboxylic acids is 3. The summed E-state index contributed by atoms with van der Waals surface area (Å²) < 4.78 is 25.9. The van der Waals surface area contributed by atoms with Crippen LogP contribution < -0.4 is 24.6 Å². The minimum absolute atomic E-state index is 0.251. The van der Waals surface area contributed by atoms with Crippen LogP contribution in [0.15, 0.2) is 76.6 Å². The fourth-order valence-corrected chi connectivity index (χ4v) is 8.28. The molecule has 1 aromatic heterocycles. The molecule has 43 heavy (non-hydrogen) atoms. The molecule has 0 bridgehead atoms. The van der Waals surface area contributed by atoms with Crippen molar-refractivity contribution in [2.75, 3.05) is 24.4 Å². The number of thiazole rings is 1. The number of carbonyl (C=O) groups is 3. The number of fused-ring (bicyclic) bond motifs is 2. The van der Waals surface area contributed by atoms with Crippen LogP contribution in [0.1, 0.15) is 16.4 Å². The summed E-state index contributed by atoms with van der Waals surface area (Å²) in [5.74, 6) is -2.59. The summed E-state index contributed by atoms with van der Waals surface area (Å²) >= 11 is 7.96. The van der Waals surface area contributed by atoms with Crippen LogP contribution in [0.25, 0.3) is 0 Å². The smallest absolute Gasteiger partial charge is 0.308 e. The van der Waals surface area contributed by atoms with E-state index in [1.54, 1.807) is 42.5 Å². The standard InChI is InChI=1S/C30H23ClFN3O6S2/c1-40-20-12-3-15(13-21(20)41-2)23-24-25(28(38)35(27(24)37)19-10-6-17(32)7-11-19)42-29-26(23)43-30(39)34(29)14-22(36)33-18-8-4-16(31)5-9-18/h3-13,23-25H,14H2,1-2H3,(H,33,36)/t23-,24?,25?/m1/s1. The number of rotatable bonds is 7. The molecule has 0 radical (unpaired) electrons. The molecule has 220 valence electrons. The topological polar surface area (TPSA) is 107 Å². The van der Waals surface area contributed by atoms with E-state index in [-0.39, 0.29) is 12.2 Å². The predicted molar refractivity (Wildman–Crippen MR) is 162 cm³/mol. The quantitative estimate of drug-likeness (QED) is 0.279. The van der Waals surface area contributed by atoms with Crippen LogP contribution in [0.3, 0.4) is 0 Å². The Kier molecular flexibility index (Phi) is 7.75. The van der Waals surface area contributed by atoms with E-state index in [0.29, 0.717) is 37.7 Å². The Labute approximate surface area is 258 Å². The zero-order valence-corrected chi connectivity index (χ0v) is 25.1. The fourth-order valence-electron chi connectivity index (χ4n) is 5.38. The maximum absolute atomic E-state index is 14.0. The lowest BCUT2D eigenvalue weighted by Gasteiger charge is -2.31. The van der Waals surface area contributed by atoms with Gasteiger partial charge in [-0.25, -0.2) is 9.29 Å². The maximum atomic E-state index is 14.0. The monoisotopic (exact) mass is 639 g/mol. The van der Waals surface area contributed by atoms with Gasteiger partial charge >= 0.3 is 4.87 Å². The lowest BCUT2D eigenvalue weighted by molar-refractivity contribution is -0.122. The first-order chi connectivity index (χ1) is 20.7. The summed E-state index contributed by atoms with van der Waals surface area (Å²) in [6.45, 7) is -0.305. The summed E-state index contributed by atoms with van der Waals surface area (Å²) in [6, 6.07) is 16.9. The van der Waals surface area contributed by atoms with E-state index in [0.717, 1.165) is 28.0 Å². The van der Waals surface area contributed by atoms with Gasteiger partial charge in [0.25, 0.3) is 0 Å². The molecule has 3 amide bonds. The van der Waals surface area contributed by atoms with Gasteiger partial charge in [-0.1, -0.05) is 40.8 Å². The van der Waals surface area contributed by atoms with Gasteiger partial charge in [-0.2, -0.15) is 0 Å². The van der Waals surface area contributed by atoms with E-state index >= 15 is 0 Å². The maximum Gasteiger partial charge on any atom is 0.308 e. The molecule has 0 aliphatic carbocycles. The molecule has 1 fully saturated rings. The summed E-state index contributed by atoms with van der Waals surface area (Å²) in [7, 11) is 2.99. The number of methoxy groups -OCH3 is 2. The average Bonchev–Trinajstić information content (AvgIpc) is 3.44. The van der Waals surface area contributed by atoms with Crippen molar-refractivity contribution in [2.24, 2.45) is 5.92 Å². The molecule has 1 saturated heterocycles. The number of halogens is 2. The van der Waals surface area contributed by atoms with Crippen LogP contribution in [-0.2, 0) is 20.9 Å². The van der Waals surface area contributed by atoms with Crippen LogP contribution in [-0.4, -0.2) is 41.8 Å². The predicted octanol–water partition coefficient (Wildman–Crippen LogP) is 5.15.